The molecule has 0 spiro atoms. The molecule has 1 aliphatic carbocycles. The third-order valence-electron chi connectivity index (χ3n) is 14.0. The molecule has 1 aliphatic rings. The fourth-order valence-corrected chi connectivity index (χ4v) is 11.1. The first-order valence-corrected chi connectivity index (χ1v) is 23.2. The van der Waals surface area contributed by atoms with Crippen molar-refractivity contribution >= 4 is 49.6 Å². The number of nitrogens with zero attached hydrogens (tertiary/aromatic N) is 2. The lowest BCUT2D eigenvalue weighted by atomic mass is 9.67. The van der Waals surface area contributed by atoms with Gasteiger partial charge in [-0.1, -0.05) is 206 Å². The zero-order valence-electron chi connectivity index (χ0n) is 36.8. The van der Waals surface area contributed by atoms with Crippen LogP contribution < -0.4 is 4.90 Å². The Kier molecular flexibility index (Phi) is 9.11. The summed E-state index contributed by atoms with van der Waals surface area (Å²) in [5.74, 6) is 0. The van der Waals surface area contributed by atoms with Gasteiger partial charge in [0.05, 0.1) is 22.1 Å². The van der Waals surface area contributed by atoms with Gasteiger partial charge in [-0.25, -0.2) is 0 Å². The SMILES string of the molecule is c1ccc(-n2c3ccccc3c3ccc(-c4cccc(-c5cccc(N(c6ccc7c(c6)C(c6ccccc6)(c6ccccc6)c6ccccc6-7)c6cccc7ccccc67)c5)c4)cc32)cc1. The maximum Gasteiger partial charge on any atom is 0.0714 e. The molecule has 0 atom stereocenters. The second-order valence-corrected chi connectivity index (χ2v) is 17.6. The Bertz CT molecular complexity index is 3770. The van der Waals surface area contributed by atoms with E-state index in [4.69, 9.17) is 0 Å². The normalized spacial score (nSPS) is 12.6. The summed E-state index contributed by atoms with van der Waals surface area (Å²) in [6, 6.07) is 98.1. The van der Waals surface area contributed by atoms with Gasteiger partial charge in [-0.15, -0.1) is 0 Å². The summed E-state index contributed by atoms with van der Waals surface area (Å²) in [6.45, 7) is 0. The summed E-state index contributed by atoms with van der Waals surface area (Å²) in [5.41, 5.74) is 18.7. The number of para-hydroxylation sites is 2. The highest BCUT2D eigenvalue weighted by atomic mass is 15.1. The maximum atomic E-state index is 2.47. The van der Waals surface area contributed by atoms with Gasteiger partial charge in [-0.2, -0.15) is 0 Å². The van der Waals surface area contributed by atoms with Gasteiger partial charge in [0.1, 0.15) is 0 Å². The number of fused-ring (bicyclic) bond motifs is 7. The Labute approximate surface area is 390 Å². The molecular weight excluding hydrogens is 809 g/mol. The molecule has 11 aromatic carbocycles. The molecule has 2 heteroatoms. The largest absolute Gasteiger partial charge is 0.310 e. The summed E-state index contributed by atoms with van der Waals surface area (Å²) < 4.78 is 2.39. The molecule has 0 N–H and O–H groups in total. The molecule has 0 aliphatic heterocycles. The van der Waals surface area contributed by atoms with E-state index in [1.807, 2.05) is 0 Å². The zero-order chi connectivity index (χ0) is 44.3. The zero-order valence-corrected chi connectivity index (χ0v) is 36.8. The molecule has 0 fully saturated rings. The highest BCUT2D eigenvalue weighted by Gasteiger charge is 2.46. The van der Waals surface area contributed by atoms with E-state index in [1.54, 1.807) is 0 Å². The van der Waals surface area contributed by atoms with Crippen molar-refractivity contribution in [1.29, 1.82) is 0 Å². The van der Waals surface area contributed by atoms with Crippen molar-refractivity contribution < 1.29 is 0 Å². The van der Waals surface area contributed by atoms with Crippen LogP contribution in [0.15, 0.2) is 267 Å². The Morgan fingerprint density at radius 2 is 0.866 bits per heavy atom. The van der Waals surface area contributed by atoms with E-state index in [9.17, 15) is 0 Å². The predicted molar refractivity (Wildman–Crippen MR) is 281 cm³/mol. The number of aromatic nitrogens is 1. The first-order chi connectivity index (χ1) is 33.2. The monoisotopic (exact) mass is 852 g/mol. The predicted octanol–water partition coefficient (Wildman–Crippen LogP) is 17.1. The minimum atomic E-state index is -0.518. The molecule has 1 aromatic heterocycles. The van der Waals surface area contributed by atoms with Crippen LogP contribution in [0.5, 0.6) is 0 Å². The standard InChI is InChI=1S/C65H44N2/c1-4-24-50(25-5-1)65(51-26-6-2-7-27-51)60-34-14-12-32-56(60)57-40-38-54(44-61(57)65)66(62-36-18-20-45-19-10-11-31-55(45)62)53-30-17-23-48(42-53)46-21-16-22-47(41-46)49-37-39-59-58-33-13-15-35-63(58)67(64(59)43-49)52-28-8-3-9-29-52/h1-44H. The van der Waals surface area contributed by atoms with Gasteiger partial charge in [0.25, 0.3) is 0 Å². The molecule has 1 heterocycles. The summed E-state index contributed by atoms with van der Waals surface area (Å²) in [7, 11) is 0. The smallest absolute Gasteiger partial charge is 0.0714 e. The van der Waals surface area contributed by atoms with Crippen LogP contribution in [0.2, 0.25) is 0 Å². The van der Waals surface area contributed by atoms with Crippen molar-refractivity contribution in [3.63, 3.8) is 0 Å². The maximum absolute atomic E-state index is 2.47. The van der Waals surface area contributed by atoms with Gasteiger partial charge in [-0.05, 0) is 122 Å². The Hall–Kier alpha value is -8.72. The van der Waals surface area contributed by atoms with E-state index in [0.717, 1.165) is 33.9 Å². The Balaban J connectivity index is 0.978. The second-order valence-electron chi connectivity index (χ2n) is 17.6. The van der Waals surface area contributed by atoms with Crippen LogP contribution in [0.3, 0.4) is 0 Å². The number of hydrogen-bond acceptors (Lipinski definition) is 1. The van der Waals surface area contributed by atoms with E-state index < -0.39 is 5.41 Å². The van der Waals surface area contributed by atoms with E-state index in [2.05, 4.69) is 276 Å². The molecule has 0 unspecified atom stereocenters. The molecule has 0 bridgehead atoms. The second kappa shape index (κ2) is 15.8. The van der Waals surface area contributed by atoms with E-state index >= 15 is 0 Å². The topological polar surface area (TPSA) is 8.17 Å². The summed E-state index contributed by atoms with van der Waals surface area (Å²) in [4.78, 5) is 2.47. The average molecular weight is 853 g/mol. The minimum absolute atomic E-state index is 0.518. The van der Waals surface area contributed by atoms with Crippen LogP contribution >= 0.6 is 0 Å². The molecule has 2 nitrogen and oxygen atoms in total. The van der Waals surface area contributed by atoms with E-state index in [0.29, 0.717) is 0 Å². The minimum Gasteiger partial charge on any atom is -0.310 e. The molecular formula is C65H44N2. The highest BCUT2D eigenvalue weighted by Crippen LogP contribution is 2.57. The van der Waals surface area contributed by atoms with Crippen molar-refractivity contribution in [2.24, 2.45) is 0 Å². The molecule has 67 heavy (non-hydrogen) atoms. The van der Waals surface area contributed by atoms with Crippen molar-refractivity contribution in [1.82, 2.24) is 4.57 Å². The number of rotatable bonds is 8. The molecule has 0 saturated heterocycles. The van der Waals surface area contributed by atoms with Gasteiger partial charge in [0.2, 0.25) is 0 Å². The fraction of sp³-hybridized carbons (Fsp3) is 0.0154. The van der Waals surface area contributed by atoms with Gasteiger partial charge in [0, 0.05) is 33.2 Å². The lowest BCUT2D eigenvalue weighted by Crippen LogP contribution is -2.28. The third kappa shape index (κ3) is 6.18. The number of hydrogen-bond donors (Lipinski definition) is 0. The Morgan fingerprint density at radius 1 is 0.313 bits per heavy atom. The first kappa shape index (κ1) is 38.7. The van der Waals surface area contributed by atoms with Crippen LogP contribution in [-0.4, -0.2) is 4.57 Å². The first-order valence-electron chi connectivity index (χ1n) is 23.2. The summed E-state index contributed by atoms with van der Waals surface area (Å²) in [6.07, 6.45) is 0. The lowest BCUT2D eigenvalue weighted by molar-refractivity contribution is 0.768. The number of benzene rings is 11. The van der Waals surface area contributed by atoms with E-state index in [1.165, 1.54) is 77.1 Å². The highest BCUT2D eigenvalue weighted by molar-refractivity contribution is 6.10. The van der Waals surface area contributed by atoms with Crippen LogP contribution in [0.25, 0.3) is 71.6 Å². The summed E-state index contributed by atoms with van der Waals surface area (Å²) in [5, 5.41) is 4.91. The van der Waals surface area contributed by atoms with Crippen molar-refractivity contribution in [2.75, 3.05) is 4.90 Å². The van der Waals surface area contributed by atoms with Gasteiger partial charge in [0.15, 0.2) is 0 Å². The van der Waals surface area contributed by atoms with Crippen LogP contribution in [0, 0.1) is 0 Å². The molecule has 0 radical (unpaired) electrons. The van der Waals surface area contributed by atoms with Crippen molar-refractivity contribution in [3.8, 4) is 39.1 Å². The van der Waals surface area contributed by atoms with Crippen LogP contribution in [-0.2, 0) is 5.41 Å². The molecule has 13 rings (SSSR count). The summed E-state index contributed by atoms with van der Waals surface area (Å²) >= 11 is 0. The molecule has 314 valence electrons. The average Bonchev–Trinajstić information content (AvgIpc) is 3.90. The molecule has 12 aromatic rings. The van der Waals surface area contributed by atoms with Gasteiger partial charge < -0.3 is 9.47 Å². The quantitative estimate of drug-likeness (QED) is 0.148. The van der Waals surface area contributed by atoms with E-state index in [-0.39, 0.29) is 0 Å². The van der Waals surface area contributed by atoms with Gasteiger partial charge in [-0.3, -0.25) is 0 Å². The van der Waals surface area contributed by atoms with Gasteiger partial charge >= 0.3 is 0 Å². The van der Waals surface area contributed by atoms with Crippen LogP contribution in [0.4, 0.5) is 17.1 Å². The number of anilines is 3. The van der Waals surface area contributed by atoms with Crippen molar-refractivity contribution in [2.45, 2.75) is 5.41 Å². The molecule has 0 amide bonds. The Morgan fingerprint density at radius 3 is 1.64 bits per heavy atom. The fourth-order valence-electron chi connectivity index (χ4n) is 11.1. The molecule has 0 saturated carbocycles. The van der Waals surface area contributed by atoms with Crippen molar-refractivity contribution in [3.05, 3.63) is 289 Å². The van der Waals surface area contributed by atoms with Crippen LogP contribution in [0.1, 0.15) is 22.3 Å². The third-order valence-corrected chi connectivity index (χ3v) is 14.0. The lowest BCUT2D eigenvalue weighted by Gasteiger charge is -2.35.